The molecule has 0 aromatic heterocycles. The molecule has 1 nitrogen and oxygen atoms in total. The predicted molar refractivity (Wildman–Crippen MR) is 129 cm³/mol. The first kappa shape index (κ1) is 23.5. The highest BCUT2D eigenvalue weighted by Gasteiger charge is 2.08. The Labute approximate surface area is 190 Å². The lowest BCUT2D eigenvalue weighted by Gasteiger charge is -2.10. The summed E-state index contributed by atoms with van der Waals surface area (Å²) >= 11 is 0. The van der Waals surface area contributed by atoms with Crippen molar-refractivity contribution >= 4 is 0 Å². The van der Waals surface area contributed by atoms with Crippen LogP contribution >= 0.6 is 0 Å². The summed E-state index contributed by atoms with van der Waals surface area (Å²) in [6, 6.07) is 17.9. The van der Waals surface area contributed by atoms with Crippen LogP contribution in [0.4, 0.5) is 8.78 Å². The maximum absolute atomic E-state index is 14.6. The van der Waals surface area contributed by atoms with E-state index in [1.54, 1.807) is 30.3 Å². The van der Waals surface area contributed by atoms with Crippen LogP contribution in [0.1, 0.15) is 43.4 Å². The van der Waals surface area contributed by atoms with Gasteiger partial charge in [0, 0.05) is 11.1 Å². The molecule has 166 valence electrons. The molecule has 3 rings (SSSR count). The number of hydrogen-bond acceptors (Lipinski definition) is 1. The topological polar surface area (TPSA) is 9.23 Å². The third-order valence-corrected chi connectivity index (χ3v) is 5.38. The van der Waals surface area contributed by atoms with E-state index in [9.17, 15) is 8.78 Å². The minimum Gasteiger partial charge on any atom is -0.489 e. The van der Waals surface area contributed by atoms with Gasteiger partial charge in [-0.05, 0) is 80.5 Å². The van der Waals surface area contributed by atoms with Crippen LogP contribution in [0.3, 0.4) is 0 Å². The van der Waals surface area contributed by atoms with E-state index in [1.165, 1.54) is 0 Å². The summed E-state index contributed by atoms with van der Waals surface area (Å²) in [7, 11) is 0. The van der Waals surface area contributed by atoms with Crippen molar-refractivity contribution in [2.45, 2.75) is 46.1 Å². The molecule has 0 atom stereocenters. The first-order valence-corrected chi connectivity index (χ1v) is 11.1. The normalized spacial score (nSPS) is 11.5. The molecule has 0 saturated heterocycles. The third-order valence-electron chi connectivity index (χ3n) is 5.38. The summed E-state index contributed by atoms with van der Waals surface area (Å²) in [5, 5.41) is 0. The third kappa shape index (κ3) is 6.65. The number of halogens is 2. The largest absolute Gasteiger partial charge is 0.489 e. The van der Waals surface area contributed by atoms with Gasteiger partial charge in [-0.25, -0.2) is 8.78 Å². The van der Waals surface area contributed by atoms with Gasteiger partial charge in [-0.15, -0.1) is 0 Å². The van der Waals surface area contributed by atoms with Crippen molar-refractivity contribution in [3.63, 3.8) is 0 Å². The molecule has 0 aliphatic rings. The van der Waals surface area contributed by atoms with Gasteiger partial charge in [-0.1, -0.05) is 60.7 Å². The van der Waals surface area contributed by atoms with E-state index in [0.29, 0.717) is 16.9 Å². The summed E-state index contributed by atoms with van der Waals surface area (Å²) in [6.07, 6.45) is 11.6. The Bertz CT molecular complexity index is 1070. The monoisotopic (exact) mass is 432 g/mol. The lowest BCUT2D eigenvalue weighted by molar-refractivity contribution is 0.300. The Balaban J connectivity index is 1.60. The van der Waals surface area contributed by atoms with Gasteiger partial charge in [0.25, 0.3) is 0 Å². The fourth-order valence-corrected chi connectivity index (χ4v) is 3.54. The van der Waals surface area contributed by atoms with E-state index < -0.39 is 0 Å². The quantitative estimate of drug-likeness (QED) is 0.293. The zero-order valence-electron chi connectivity index (χ0n) is 18.8. The van der Waals surface area contributed by atoms with Crippen LogP contribution in [-0.2, 0) is 19.4 Å². The molecule has 0 bridgehead atoms. The molecular weight excluding hydrogens is 402 g/mol. The predicted octanol–water partition coefficient (Wildman–Crippen LogP) is 8.23. The van der Waals surface area contributed by atoms with E-state index in [-0.39, 0.29) is 18.2 Å². The van der Waals surface area contributed by atoms with Crippen LogP contribution < -0.4 is 4.74 Å². The van der Waals surface area contributed by atoms with Crippen LogP contribution in [0.15, 0.2) is 85.0 Å². The number of rotatable bonds is 10. The maximum atomic E-state index is 14.6. The van der Waals surface area contributed by atoms with Crippen LogP contribution in [-0.4, -0.2) is 0 Å². The first-order valence-electron chi connectivity index (χ1n) is 11.1. The summed E-state index contributed by atoms with van der Waals surface area (Å²) < 4.78 is 34.7. The Kier molecular flexibility index (Phi) is 8.79. The van der Waals surface area contributed by atoms with Gasteiger partial charge in [0.05, 0.1) is 0 Å². The van der Waals surface area contributed by atoms with E-state index in [1.807, 2.05) is 56.3 Å². The van der Waals surface area contributed by atoms with Crippen molar-refractivity contribution in [2.24, 2.45) is 0 Å². The van der Waals surface area contributed by atoms with Crippen molar-refractivity contribution in [1.29, 1.82) is 0 Å². The molecule has 0 aliphatic heterocycles. The summed E-state index contributed by atoms with van der Waals surface area (Å²) in [5.74, 6) is 0.137. The lowest BCUT2D eigenvalue weighted by Crippen LogP contribution is -1.99. The molecule has 3 aromatic carbocycles. The first-order chi connectivity index (χ1) is 15.6. The molecule has 3 heteroatoms. The number of hydrogen-bond donors (Lipinski definition) is 0. The molecule has 0 fully saturated rings. The van der Waals surface area contributed by atoms with Crippen molar-refractivity contribution in [1.82, 2.24) is 0 Å². The van der Waals surface area contributed by atoms with E-state index >= 15 is 0 Å². The van der Waals surface area contributed by atoms with E-state index in [0.717, 1.165) is 42.4 Å². The average Bonchev–Trinajstić information content (AvgIpc) is 2.79. The minimum absolute atomic E-state index is 0.148. The van der Waals surface area contributed by atoms with Gasteiger partial charge in [0.15, 0.2) is 0 Å². The number of allylic oxidation sites excluding steroid dienone is 4. The summed E-state index contributed by atoms with van der Waals surface area (Å²) in [6.45, 7) is 4.11. The van der Waals surface area contributed by atoms with Gasteiger partial charge in [0.2, 0.25) is 0 Å². The minimum atomic E-state index is -0.254. The molecule has 0 saturated carbocycles. The van der Waals surface area contributed by atoms with Gasteiger partial charge in [-0.2, -0.15) is 0 Å². The molecule has 0 spiro atoms. The van der Waals surface area contributed by atoms with Gasteiger partial charge >= 0.3 is 0 Å². The summed E-state index contributed by atoms with van der Waals surface area (Å²) in [5.41, 5.74) is 3.82. The average molecular weight is 433 g/mol. The van der Waals surface area contributed by atoms with Crippen molar-refractivity contribution in [3.05, 3.63) is 113 Å². The molecule has 0 amide bonds. The SMILES string of the molecule is C/C=C/CCc1ccc(COc2ccc(-c3ccc(CC/C=C/C)cc3F)cc2)c(F)c1. The fraction of sp³-hybridized carbons (Fsp3) is 0.241. The highest BCUT2D eigenvalue weighted by molar-refractivity contribution is 5.65. The van der Waals surface area contributed by atoms with Crippen LogP contribution in [0.2, 0.25) is 0 Å². The van der Waals surface area contributed by atoms with Gasteiger partial charge in [0.1, 0.15) is 24.0 Å². The van der Waals surface area contributed by atoms with E-state index in [4.69, 9.17) is 4.74 Å². The van der Waals surface area contributed by atoms with Crippen LogP contribution in [0, 0.1) is 11.6 Å². The highest BCUT2D eigenvalue weighted by atomic mass is 19.1. The Morgan fingerprint density at radius 3 is 1.88 bits per heavy atom. The van der Waals surface area contributed by atoms with Gasteiger partial charge in [-0.3, -0.25) is 0 Å². The number of ether oxygens (including phenoxy) is 1. The standard InChI is InChI=1S/C29H30F2O/c1-3-5-7-9-22-11-13-25(28(30)19-22)21-32-26-16-14-24(15-17-26)27-18-12-23(20-29(27)31)10-8-6-4-2/h3-6,11-20H,7-10,21H2,1-2H3/b5-3+,6-4+. The lowest BCUT2D eigenvalue weighted by atomic mass is 10.0. The van der Waals surface area contributed by atoms with E-state index in [2.05, 4.69) is 12.2 Å². The zero-order valence-corrected chi connectivity index (χ0v) is 18.8. The molecule has 0 unspecified atom stereocenters. The highest BCUT2D eigenvalue weighted by Crippen LogP contribution is 2.27. The molecule has 32 heavy (non-hydrogen) atoms. The molecule has 0 N–H and O–H groups in total. The second kappa shape index (κ2) is 12.0. The molecule has 0 radical (unpaired) electrons. The molecule has 0 aliphatic carbocycles. The second-order valence-electron chi connectivity index (χ2n) is 7.77. The molecule has 0 heterocycles. The van der Waals surface area contributed by atoms with Crippen molar-refractivity contribution in [3.8, 4) is 16.9 Å². The number of benzene rings is 3. The summed E-state index contributed by atoms with van der Waals surface area (Å²) in [4.78, 5) is 0. The smallest absolute Gasteiger partial charge is 0.131 e. The van der Waals surface area contributed by atoms with Crippen molar-refractivity contribution < 1.29 is 13.5 Å². The zero-order chi connectivity index (χ0) is 22.8. The number of aryl methyl sites for hydroxylation is 2. The van der Waals surface area contributed by atoms with Gasteiger partial charge < -0.3 is 4.74 Å². The molecular formula is C29H30F2O. The van der Waals surface area contributed by atoms with Crippen LogP contribution in [0.25, 0.3) is 11.1 Å². The Morgan fingerprint density at radius 2 is 1.31 bits per heavy atom. The second-order valence-corrected chi connectivity index (χ2v) is 7.77. The van der Waals surface area contributed by atoms with Crippen LogP contribution in [0.5, 0.6) is 5.75 Å². The Hall–Kier alpha value is -3.20. The maximum Gasteiger partial charge on any atom is 0.131 e. The van der Waals surface area contributed by atoms with Crippen molar-refractivity contribution in [2.75, 3.05) is 0 Å². The fourth-order valence-electron chi connectivity index (χ4n) is 3.54. The molecule has 3 aromatic rings. The Morgan fingerprint density at radius 1 is 0.719 bits per heavy atom.